The first-order valence-electron chi connectivity index (χ1n) is 10.7. The van der Waals surface area contributed by atoms with Crippen LogP contribution in [-0.2, 0) is 10.0 Å². The number of aryl methyl sites for hydroxylation is 3. The molecule has 2 aromatic rings. The van der Waals surface area contributed by atoms with Crippen LogP contribution in [0.25, 0.3) is 0 Å². The van der Waals surface area contributed by atoms with Crippen molar-refractivity contribution in [1.82, 2.24) is 5.32 Å². The van der Waals surface area contributed by atoms with Crippen molar-refractivity contribution < 1.29 is 13.2 Å². The minimum absolute atomic E-state index is 0.119. The first-order valence-corrected chi connectivity index (χ1v) is 12.1. The second kappa shape index (κ2) is 10.6. The average Bonchev–Trinajstić information content (AvgIpc) is 2.70. The lowest BCUT2D eigenvalue weighted by molar-refractivity contribution is 0.0945. The summed E-state index contributed by atoms with van der Waals surface area (Å²) < 4.78 is 28.7. The number of rotatable bonds is 10. The Balaban J connectivity index is 2.19. The van der Waals surface area contributed by atoms with Gasteiger partial charge in [0.1, 0.15) is 0 Å². The third kappa shape index (κ3) is 6.33. The normalized spacial score (nSPS) is 12.4. The van der Waals surface area contributed by atoms with E-state index in [0.29, 0.717) is 29.3 Å². The highest BCUT2D eigenvalue weighted by Gasteiger charge is 2.20. The van der Waals surface area contributed by atoms with Crippen LogP contribution in [0.15, 0.2) is 41.3 Å². The molecule has 0 bridgehead atoms. The highest BCUT2D eigenvalue weighted by Crippen LogP contribution is 2.23. The molecule has 0 aliphatic rings. The molecule has 0 fully saturated rings. The number of carbonyl (C=O) groups is 1. The van der Waals surface area contributed by atoms with E-state index in [9.17, 15) is 13.2 Å². The topological polar surface area (TPSA) is 75.3 Å². The molecule has 0 radical (unpaired) electrons. The van der Waals surface area contributed by atoms with E-state index in [1.807, 2.05) is 26.0 Å². The number of carbonyl (C=O) groups excluding carboxylic acids is 1. The molecule has 1 atom stereocenters. The first-order chi connectivity index (χ1) is 14.2. The van der Waals surface area contributed by atoms with Gasteiger partial charge in [-0.2, -0.15) is 0 Å². The van der Waals surface area contributed by atoms with Crippen molar-refractivity contribution in [2.45, 2.75) is 65.2 Å². The predicted molar refractivity (Wildman–Crippen MR) is 124 cm³/mol. The SMILES string of the molecule is CCCC[C@H](CC)CNC(=O)c1ccc(C)c(S(=O)(=O)Nc2ccc(C)cc2C)c1. The summed E-state index contributed by atoms with van der Waals surface area (Å²) >= 11 is 0. The zero-order valence-electron chi connectivity index (χ0n) is 18.7. The molecule has 0 aliphatic heterocycles. The monoisotopic (exact) mass is 430 g/mol. The van der Waals surface area contributed by atoms with E-state index >= 15 is 0 Å². The molecule has 164 valence electrons. The van der Waals surface area contributed by atoms with Gasteiger partial charge < -0.3 is 5.32 Å². The number of sulfonamides is 1. The number of amides is 1. The second-order valence-corrected chi connectivity index (χ2v) is 9.68. The van der Waals surface area contributed by atoms with Crippen LogP contribution in [0, 0.1) is 26.7 Å². The van der Waals surface area contributed by atoms with Crippen molar-refractivity contribution in [2.24, 2.45) is 5.92 Å². The standard InChI is InChI=1S/C24H34N2O3S/c1-6-8-9-20(7-2)16-25-24(27)21-12-11-18(4)23(15-21)30(28,29)26-22-13-10-17(3)14-19(22)5/h10-15,20,26H,6-9,16H2,1-5H3,(H,25,27)/t20-/m0/s1. The Labute approximate surface area is 181 Å². The highest BCUT2D eigenvalue weighted by molar-refractivity contribution is 7.92. The largest absolute Gasteiger partial charge is 0.352 e. The molecular weight excluding hydrogens is 396 g/mol. The summed E-state index contributed by atoms with van der Waals surface area (Å²) in [5, 5.41) is 2.97. The summed E-state index contributed by atoms with van der Waals surface area (Å²) in [7, 11) is -3.81. The molecule has 30 heavy (non-hydrogen) atoms. The Morgan fingerprint density at radius 2 is 1.73 bits per heavy atom. The third-order valence-electron chi connectivity index (χ3n) is 5.46. The fourth-order valence-electron chi connectivity index (χ4n) is 3.44. The van der Waals surface area contributed by atoms with Crippen LogP contribution in [0.2, 0.25) is 0 Å². The van der Waals surface area contributed by atoms with Crippen molar-refractivity contribution in [3.05, 3.63) is 58.7 Å². The van der Waals surface area contributed by atoms with Crippen LogP contribution in [0.5, 0.6) is 0 Å². The molecule has 6 heteroatoms. The lowest BCUT2D eigenvalue weighted by Gasteiger charge is -2.16. The number of nitrogens with one attached hydrogen (secondary N) is 2. The van der Waals surface area contributed by atoms with E-state index in [-0.39, 0.29) is 10.8 Å². The van der Waals surface area contributed by atoms with Gasteiger partial charge in [0.05, 0.1) is 10.6 Å². The first kappa shape index (κ1) is 23.9. The van der Waals surface area contributed by atoms with Crippen LogP contribution in [0.4, 0.5) is 5.69 Å². The molecule has 0 spiro atoms. The van der Waals surface area contributed by atoms with E-state index in [0.717, 1.165) is 36.8 Å². The van der Waals surface area contributed by atoms with Crippen LogP contribution >= 0.6 is 0 Å². The van der Waals surface area contributed by atoms with Gasteiger partial charge in [-0.1, -0.05) is 56.9 Å². The van der Waals surface area contributed by atoms with Crippen LogP contribution in [-0.4, -0.2) is 20.9 Å². The summed E-state index contributed by atoms with van der Waals surface area (Å²) in [5.74, 6) is 0.196. The van der Waals surface area contributed by atoms with Crippen LogP contribution in [0.3, 0.4) is 0 Å². The van der Waals surface area contributed by atoms with Gasteiger partial charge in [-0.3, -0.25) is 9.52 Å². The van der Waals surface area contributed by atoms with E-state index in [4.69, 9.17) is 0 Å². The van der Waals surface area contributed by atoms with Gasteiger partial charge in [-0.15, -0.1) is 0 Å². The fraction of sp³-hybridized carbons (Fsp3) is 0.458. The van der Waals surface area contributed by atoms with Crippen molar-refractivity contribution in [2.75, 3.05) is 11.3 Å². The van der Waals surface area contributed by atoms with E-state index in [2.05, 4.69) is 23.9 Å². The summed E-state index contributed by atoms with van der Waals surface area (Å²) in [4.78, 5) is 12.8. The Morgan fingerprint density at radius 1 is 1.00 bits per heavy atom. The van der Waals surface area contributed by atoms with Gasteiger partial charge in [-0.25, -0.2) is 8.42 Å². The lowest BCUT2D eigenvalue weighted by Crippen LogP contribution is -2.29. The summed E-state index contributed by atoms with van der Waals surface area (Å²) in [6, 6.07) is 10.4. The molecule has 0 aliphatic carbocycles. The molecule has 5 nitrogen and oxygen atoms in total. The molecule has 0 saturated carbocycles. The van der Waals surface area contributed by atoms with Crippen molar-refractivity contribution in [3.63, 3.8) is 0 Å². The quantitative estimate of drug-likeness (QED) is 0.533. The molecular formula is C24H34N2O3S. The van der Waals surface area contributed by atoms with E-state index < -0.39 is 10.0 Å². The Hall–Kier alpha value is -2.34. The van der Waals surface area contributed by atoms with Crippen molar-refractivity contribution in [1.29, 1.82) is 0 Å². The Bertz CT molecular complexity index is 984. The third-order valence-corrected chi connectivity index (χ3v) is 6.97. The zero-order chi connectivity index (χ0) is 22.3. The summed E-state index contributed by atoms with van der Waals surface area (Å²) in [6.07, 6.45) is 4.37. The molecule has 2 rings (SSSR count). The van der Waals surface area contributed by atoms with Crippen molar-refractivity contribution in [3.8, 4) is 0 Å². The molecule has 2 N–H and O–H groups in total. The van der Waals surface area contributed by atoms with Gasteiger partial charge in [0.2, 0.25) is 0 Å². The lowest BCUT2D eigenvalue weighted by atomic mass is 9.99. The average molecular weight is 431 g/mol. The van der Waals surface area contributed by atoms with Crippen LogP contribution in [0.1, 0.15) is 66.6 Å². The maximum atomic E-state index is 13.0. The molecule has 0 heterocycles. The fourth-order valence-corrected chi connectivity index (χ4v) is 4.84. The van der Waals surface area contributed by atoms with Crippen molar-refractivity contribution >= 4 is 21.6 Å². The van der Waals surface area contributed by atoms with Gasteiger partial charge in [0.15, 0.2) is 0 Å². The van der Waals surface area contributed by atoms with E-state index in [1.54, 1.807) is 25.1 Å². The maximum absolute atomic E-state index is 13.0. The van der Waals surface area contributed by atoms with Gasteiger partial charge in [0.25, 0.3) is 15.9 Å². The number of benzene rings is 2. The molecule has 0 unspecified atom stereocenters. The molecule has 2 aromatic carbocycles. The highest BCUT2D eigenvalue weighted by atomic mass is 32.2. The summed E-state index contributed by atoms with van der Waals surface area (Å²) in [5.41, 5.74) is 3.40. The smallest absolute Gasteiger partial charge is 0.262 e. The molecule has 0 aromatic heterocycles. The Kier molecular flexibility index (Phi) is 8.47. The summed E-state index contributed by atoms with van der Waals surface area (Å²) in [6.45, 7) is 10.4. The molecule has 0 saturated heterocycles. The van der Waals surface area contributed by atoms with Gasteiger partial charge in [-0.05, 0) is 62.4 Å². The minimum atomic E-state index is -3.81. The number of hydrogen-bond acceptors (Lipinski definition) is 3. The minimum Gasteiger partial charge on any atom is -0.352 e. The molecule has 1 amide bonds. The zero-order valence-corrected chi connectivity index (χ0v) is 19.5. The van der Waals surface area contributed by atoms with E-state index in [1.165, 1.54) is 6.07 Å². The Morgan fingerprint density at radius 3 is 2.37 bits per heavy atom. The number of hydrogen-bond donors (Lipinski definition) is 2. The number of anilines is 1. The predicted octanol–water partition coefficient (Wildman–Crippen LogP) is 5.36. The van der Waals surface area contributed by atoms with Gasteiger partial charge in [0, 0.05) is 12.1 Å². The second-order valence-electron chi connectivity index (χ2n) is 8.03. The maximum Gasteiger partial charge on any atom is 0.262 e. The van der Waals surface area contributed by atoms with Crippen LogP contribution < -0.4 is 10.0 Å². The number of unbranched alkanes of at least 4 members (excludes halogenated alkanes) is 1. The van der Waals surface area contributed by atoms with Gasteiger partial charge >= 0.3 is 0 Å².